The Morgan fingerprint density at radius 1 is 1.73 bits per heavy atom. The fourth-order valence-electron chi connectivity index (χ4n) is 0.894. The molecule has 84 valence electrons. The molecule has 15 heavy (non-hydrogen) atoms. The van der Waals surface area contributed by atoms with Crippen molar-refractivity contribution in [1.29, 1.82) is 0 Å². The van der Waals surface area contributed by atoms with Gasteiger partial charge >= 0.3 is 0 Å². The van der Waals surface area contributed by atoms with Gasteiger partial charge in [0.15, 0.2) is 0 Å². The van der Waals surface area contributed by atoms with Crippen LogP contribution in [0.1, 0.15) is 10.7 Å². The lowest BCUT2D eigenvalue weighted by Gasteiger charge is -2.03. The molecule has 0 aliphatic rings. The molecule has 0 aliphatic carbocycles. The highest BCUT2D eigenvalue weighted by atomic mass is 32.2. The first-order valence-electron chi connectivity index (χ1n) is 4.06. The molecule has 1 aromatic heterocycles. The zero-order valence-electron chi connectivity index (χ0n) is 8.06. The first-order chi connectivity index (χ1) is 6.89. The van der Waals surface area contributed by atoms with Crippen LogP contribution in [0.4, 0.5) is 0 Å². The molecule has 0 aromatic carbocycles. The van der Waals surface area contributed by atoms with Crippen LogP contribution >= 0.6 is 23.6 Å². The van der Waals surface area contributed by atoms with E-state index in [1.54, 1.807) is 0 Å². The molecule has 0 radical (unpaired) electrons. The number of hydrogen-bond donors (Lipinski definition) is 2. The van der Waals surface area contributed by atoms with Crippen molar-refractivity contribution in [3.63, 3.8) is 0 Å². The molecule has 0 fully saturated rings. The van der Waals surface area contributed by atoms with Gasteiger partial charge in [0.2, 0.25) is 10.0 Å². The molecule has 0 saturated heterocycles. The molecule has 1 heterocycles. The van der Waals surface area contributed by atoms with Gasteiger partial charge in [-0.05, 0) is 6.92 Å². The van der Waals surface area contributed by atoms with E-state index in [0.29, 0.717) is 0 Å². The van der Waals surface area contributed by atoms with E-state index in [9.17, 15) is 8.42 Å². The second-order valence-electron chi connectivity index (χ2n) is 2.93. The van der Waals surface area contributed by atoms with Crippen LogP contribution in [0.2, 0.25) is 0 Å². The number of rotatable bonds is 5. The Morgan fingerprint density at radius 3 is 2.87 bits per heavy atom. The standard InChI is InChI=1S/C7H11N3O2S3/c1-5-3-14-7(10-5)2-9-15(11,12)4-6(8)13/h3,9H,2,4H2,1H3,(H2,8,13). The lowest BCUT2D eigenvalue weighted by molar-refractivity contribution is 0.585. The number of nitrogens with two attached hydrogens (primary N) is 1. The summed E-state index contributed by atoms with van der Waals surface area (Å²) in [4.78, 5) is 4.08. The third-order valence-electron chi connectivity index (χ3n) is 1.44. The average Bonchev–Trinajstić information content (AvgIpc) is 2.46. The van der Waals surface area contributed by atoms with Crippen LogP contribution in [0.5, 0.6) is 0 Å². The van der Waals surface area contributed by atoms with Gasteiger partial charge in [0.25, 0.3) is 0 Å². The van der Waals surface area contributed by atoms with Gasteiger partial charge in [-0.1, -0.05) is 12.2 Å². The maximum atomic E-state index is 11.3. The molecule has 0 bridgehead atoms. The normalized spacial score (nSPS) is 11.5. The smallest absolute Gasteiger partial charge is 0.218 e. The molecule has 0 aliphatic heterocycles. The number of aryl methyl sites for hydroxylation is 1. The van der Waals surface area contributed by atoms with Crippen LogP contribution in [0.25, 0.3) is 0 Å². The highest BCUT2D eigenvalue weighted by Gasteiger charge is 2.12. The fourth-order valence-corrected chi connectivity index (χ4v) is 3.00. The van der Waals surface area contributed by atoms with Gasteiger partial charge < -0.3 is 5.73 Å². The molecule has 3 N–H and O–H groups in total. The molecule has 8 heteroatoms. The van der Waals surface area contributed by atoms with E-state index in [1.807, 2.05) is 12.3 Å². The van der Waals surface area contributed by atoms with Crippen LogP contribution in [0.3, 0.4) is 0 Å². The minimum atomic E-state index is -3.42. The van der Waals surface area contributed by atoms with E-state index in [0.717, 1.165) is 10.7 Å². The van der Waals surface area contributed by atoms with E-state index < -0.39 is 10.0 Å². The SMILES string of the molecule is Cc1csc(CNS(=O)(=O)CC(N)=S)n1. The van der Waals surface area contributed by atoms with E-state index in [-0.39, 0.29) is 17.3 Å². The summed E-state index contributed by atoms with van der Waals surface area (Å²) in [5.74, 6) is -0.327. The topological polar surface area (TPSA) is 85.1 Å². The summed E-state index contributed by atoms with van der Waals surface area (Å²) < 4.78 is 25.0. The van der Waals surface area contributed by atoms with Gasteiger partial charge in [-0.3, -0.25) is 0 Å². The van der Waals surface area contributed by atoms with Gasteiger partial charge in [-0.2, -0.15) is 0 Å². The Kier molecular flexibility index (Phi) is 4.14. The van der Waals surface area contributed by atoms with Gasteiger partial charge in [0.05, 0.1) is 11.5 Å². The third kappa shape index (κ3) is 4.65. The van der Waals surface area contributed by atoms with E-state index in [4.69, 9.17) is 5.73 Å². The number of nitrogens with zero attached hydrogens (tertiary/aromatic N) is 1. The predicted molar refractivity (Wildman–Crippen MR) is 64.3 cm³/mol. The molecule has 0 unspecified atom stereocenters. The van der Waals surface area contributed by atoms with Crippen molar-refractivity contribution in [2.75, 3.05) is 5.75 Å². The lowest BCUT2D eigenvalue weighted by atomic mass is 10.6. The second-order valence-corrected chi connectivity index (χ2v) is 6.20. The Hall–Kier alpha value is -0.570. The summed E-state index contributed by atoms with van der Waals surface area (Å²) in [5, 5.41) is 2.58. The number of sulfonamides is 1. The van der Waals surface area contributed by atoms with Crippen molar-refractivity contribution < 1.29 is 8.42 Å². The monoisotopic (exact) mass is 265 g/mol. The average molecular weight is 265 g/mol. The Morgan fingerprint density at radius 2 is 2.40 bits per heavy atom. The number of nitrogens with one attached hydrogen (secondary N) is 1. The molecular weight excluding hydrogens is 254 g/mol. The van der Waals surface area contributed by atoms with Crippen LogP contribution in [-0.2, 0) is 16.6 Å². The zero-order chi connectivity index (χ0) is 11.5. The lowest BCUT2D eigenvalue weighted by Crippen LogP contribution is -2.31. The summed E-state index contributed by atoms with van der Waals surface area (Å²) in [6.07, 6.45) is 0. The minimum Gasteiger partial charge on any atom is -0.392 e. The third-order valence-corrected chi connectivity index (χ3v) is 4.01. The quantitative estimate of drug-likeness (QED) is 0.741. The van der Waals surface area contributed by atoms with E-state index in [2.05, 4.69) is 21.9 Å². The van der Waals surface area contributed by atoms with E-state index >= 15 is 0 Å². The van der Waals surface area contributed by atoms with Gasteiger partial charge in [-0.25, -0.2) is 18.1 Å². The summed E-state index contributed by atoms with van der Waals surface area (Å²) in [6, 6.07) is 0. The summed E-state index contributed by atoms with van der Waals surface area (Å²) in [7, 11) is -3.42. The molecule has 0 amide bonds. The number of thiazole rings is 1. The fraction of sp³-hybridized carbons (Fsp3) is 0.429. The Bertz CT molecular complexity index is 452. The first kappa shape index (κ1) is 12.5. The number of thiocarbonyl (C=S) groups is 1. The molecule has 0 atom stereocenters. The molecule has 0 saturated carbocycles. The molecule has 0 spiro atoms. The summed E-state index contributed by atoms with van der Waals surface area (Å²) in [5.41, 5.74) is 6.03. The number of aromatic nitrogens is 1. The highest BCUT2D eigenvalue weighted by molar-refractivity contribution is 7.92. The predicted octanol–water partition coefficient (Wildman–Crippen LogP) is 0.157. The number of hydrogen-bond acceptors (Lipinski definition) is 5. The van der Waals surface area contributed by atoms with Crippen molar-refractivity contribution in [3.8, 4) is 0 Å². The van der Waals surface area contributed by atoms with Gasteiger partial charge in [-0.15, -0.1) is 11.3 Å². The largest absolute Gasteiger partial charge is 0.392 e. The maximum Gasteiger partial charge on any atom is 0.218 e. The van der Waals surface area contributed by atoms with Crippen molar-refractivity contribution in [2.45, 2.75) is 13.5 Å². The summed E-state index contributed by atoms with van der Waals surface area (Å²) in [6.45, 7) is 2.03. The molecule has 1 aromatic rings. The van der Waals surface area contributed by atoms with Crippen LogP contribution in [0.15, 0.2) is 5.38 Å². The molecule has 1 rings (SSSR count). The van der Waals surface area contributed by atoms with Crippen LogP contribution in [0, 0.1) is 6.92 Å². The van der Waals surface area contributed by atoms with Crippen molar-refractivity contribution in [1.82, 2.24) is 9.71 Å². The second kappa shape index (κ2) is 4.97. The van der Waals surface area contributed by atoms with Crippen molar-refractivity contribution >= 4 is 38.6 Å². The summed E-state index contributed by atoms with van der Waals surface area (Å²) >= 11 is 5.93. The van der Waals surface area contributed by atoms with Gasteiger partial charge in [0, 0.05) is 11.1 Å². The van der Waals surface area contributed by atoms with Crippen molar-refractivity contribution in [3.05, 3.63) is 16.1 Å². The molecular formula is C7H11N3O2S3. The van der Waals surface area contributed by atoms with Crippen LogP contribution in [-0.4, -0.2) is 24.1 Å². The Labute approximate surface area is 97.8 Å². The van der Waals surface area contributed by atoms with Crippen molar-refractivity contribution in [2.24, 2.45) is 5.73 Å². The highest BCUT2D eigenvalue weighted by Crippen LogP contribution is 2.08. The minimum absolute atomic E-state index is 0.0437. The maximum absolute atomic E-state index is 11.3. The Balaban J connectivity index is 2.53. The van der Waals surface area contributed by atoms with Gasteiger partial charge in [0.1, 0.15) is 10.8 Å². The van der Waals surface area contributed by atoms with Crippen LogP contribution < -0.4 is 10.5 Å². The van der Waals surface area contributed by atoms with E-state index in [1.165, 1.54) is 11.3 Å². The first-order valence-corrected chi connectivity index (χ1v) is 7.00. The molecule has 5 nitrogen and oxygen atoms in total. The zero-order valence-corrected chi connectivity index (χ0v) is 10.5.